The fourth-order valence-corrected chi connectivity index (χ4v) is 3.21. The lowest BCUT2D eigenvalue weighted by atomic mass is 10.2. The molecule has 0 radical (unpaired) electrons. The van der Waals surface area contributed by atoms with E-state index in [1.54, 1.807) is 0 Å². The first kappa shape index (κ1) is 15.5. The molecule has 112 valence electrons. The van der Waals surface area contributed by atoms with Crippen LogP contribution in [0.15, 0.2) is 58.3 Å². The minimum absolute atomic E-state index is 0.133. The molecule has 0 heterocycles. The van der Waals surface area contributed by atoms with Gasteiger partial charge in [-0.25, -0.2) is 26.6 Å². The summed E-state index contributed by atoms with van der Waals surface area (Å²) in [6.07, 6.45) is -5.51. The highest BCUT2D eigenvalue weighted by Crippen LogP contribution is 2.28. The van der Waals surface area contributed by atoms with E-state index in [-0.39, 0.29) is 20.9 Å². The van der Waals surface area contributed by atoms with Crippen molar-refractivity contribution in [2.75, 3.05) is 0 Å². The molecule has 0 unspecified atom stereocenters. The van der Waals surface area contributed by atoms with E-state index in [0.717, 1.165) is 24.3 Å². The smallest absolute Gasteiger partial charge is 0.245 e. The Labute approximate surface area is 119 Å². The molecular weight excluding hydrogens is 306 g/mol. The number of hydrogen-bond acceptors (Lipinski definition) is 2. The van der Waals surface area contributed by atoms with E-state index in [2.05, 4.69) is 0 Å². The molecule has 2 rings (SSSR count). The summed E-state index contributed by atoms with van der Waals surface area (Å²) in [7, 11) is -3.62. The van der Waals surface area contributed by atoms with Crippen LogP contribution in [0.1, 0.15) is 24.0 Å². The van der Waals surface area contributed by atoms with Gasteiger partial charge in [0.15, 0.2) is 0 Å². The monoisotopic (exact) mass is 317 g/mol. The van der Waals surface area contributed by atoms with Crippen LogP contribution >= 0.6 is 0 Å². The number of hydrogen-bond donors (Lipinski definition) is 1. The maximum Gasteiger partial charge on any atom is 0.263 e. The minimum Gasteiger partial charge on any atom is -0.245 e. The van der Waals surface area contributed by atoms with Gasteiger partial charge < -0.3 is 0 Å². The number of nitrogens with one attached hydrogen (secondary N) is 1. The second-order valence-corrected chi connectivity index (χ2v) is 6.36. The van der Waals surface area contributed by atoms with Crippen LogP contribution in [0.5, 0.6) is 0 Å². The molecule has 0 saturated heterocycles. The zero-order valence-electron chi connectivity index (χ0n) is 10.6. The summed E-state index contributed by atoms with van der Waals surface area (Å²) in [5.41, 5.74) is -0.727. The van der Waals surface area contributed by atoms with Gasteiger partial charge in [-0.15, -0.1) is 0 Å². The van der Waals surface area contributed by atoms with Crippen molar-refractivity contribution in [2.45, 2.75) is 22.6 Å². The Bertz CT molecular complexity index is 687. The van der Waals surface area contributed by atoms with Gasteiger partial charge in [-0.05, 0) is 24.3 Å². The zero-order valence-corrected chi connectivity index (χ0v) is 11.4. The summed E-state index contributed by atoms with van der Waals surface area (Å²) in [5.74, 6) is 0. The molecule has 7 heteroatoms. The van der Waals surface area contributed by atoms with E-state index in [4.69, 9.17) is 4.78 Å². The summed E-state index contributed by atoms with van der Waals surface area (Å²) < 4.78 is 71.1. The first-order valence-corrected chi connectivity index (χ1v) is 7.43. The number of alkyl halides is 4. The molecule has 2 aromatic carbocycles. The van der Waals surface area contributed by atoms with Crippen LogP contribution in [-0.4, -0.2) is 4.21 Å². The molecule has 0 aliphatic carbocycles. The third-order valence-electron chi connectivity index (χ3n) is 2.88. The third kappa shape index (κ3) is 3.24. The van der Waals surface area contributed by atoms with Crippen LogP contribution in [-0.2, 0) is 9.73 Å². The molecule has 0 saturated carbocycles. The van der Waals surface area contributed by atoms with Crippen LogP contribution in [0.25, 0.3) is 0 Å². The van der Waals surface area contributed by atoms with Gasteiger partial charge in [0, 0.05) is 11.1 Å². The normalized spacial score (nSPS) is 12.1. The van der Waals surface area contributed by atoms with Gasteiger partial charge in [0.05, 0.1) is 9.79 Å². The predicted octanol–water partition coefficient (Wildman–Crippen LogP) is 5.03. The summed E-state index contributed by atoms with van der Waals surface area (Å²) in [4.78, 5) is -0.265. The van der Waals surface area contributed by atoms with Gasteiger partial charge in [-0.3, -0.25) is 0 Å². The maximum absolute atomic E-state index is 12.7. The quantitative estimate of drug-likeness (QED) is 0.790. The Morgan fingerprint density at radius 1 is 0.810 bits per heavy atom. The molecule has 2 nitrogen and oxygen atoms in total. The van der Waals surface area contributed by atoms with Crippen molar-refractivity contribution in [1.29, 1.82) is 4.78 Å². The second kappa shape index (κ2) is 5.85. The van der Waals surface area contributed by atoms with E-state index in [0.29, 0.717) is 0 Å². The standard InChI is InChI=1S/C14H11F4NOS/c15-13(16)9-3-1-5-11(7-9)21(19,20)12-6-2-4-10(8-12)14(17)18/h1-8,13-14,19H. The predicted molar refractivity (Wildman–Crippen MR) is 70.2 cm³/mol. The van der Waals surface area contributed by atoms with Crippen molar-refractivity contribution < 1.29 is 21.8 Å². The van der Waals surface area contributed by atoms with Crippen molar-refractivity contribution in [3.05, 3.63) is 59.7 Å². The molecule has 2 aromatic rings. The Morgan fingerprint density at radius 2 is 1.19 bits per heavy atom. The van der Waals surface area contributed by atoms with Gasteiger partial charge in [0.25, 0.3) is 12.9 Å². The average molecular weight is 317 g/mol. The summed E-state index contributed by atoms with van der Waals surface area (Å²) in [6.45, 7) is 0. The number of rotatable bonds is 4. The average Bonchev–Trinajstić information content (AvgIpc) is 2.47. The molecule has 0 fully saturated rings. The van der Waals surface area contributed by atoms with E-state index < -0.39 is 22.6 Å². The van der Waals surface area contributed by atoms with E-state index in [1.165, 1.54) is 24.3 Å². The minimum atomic E-state index is -3.62. The highest BCUT2D eigenvalue weighted by molar-refractivity contribution is 7.92. The molecule has 0 aromatic heterocycles. The summed E-state index contributed by atoms with van der Waals surface area (Å²) in [5, 5.41) is 0. The molecule has 21 heavy (non-hydrogen) atoms. The Morgan fingerprint density at radius 3 is 1.52 bits per heavy atom. The Balaban J connectivity index is 2.52. The molecule has 0 atom stereocenters. The fourth-order valence-electron chi connectivity index (χ4n) is 1.79. The van der Waals surface area contributed by atoms with Crippen LogP contribution < -0.4 is 0 Å². The fraction of sp³-hybridized carbons (Fsp3) is 0.143. The molecule has 0 bridgehead atoms. The first-order valence-electron chi connectivity index (χ1n) is 5.87. The highest BCUT2D eigenvalue weighted by atomic mass is 32.2. The van der Waals surface area contributed by atoms with Crippen LogP contribution in [0.2, 0.25) is 0 Å². The van der Waals surface area contributed by atoms with Gasteiger partial charge in [0.2, 0.25) is 0 Å². The van der Waals surface area contributed by atoms with Gasteiger partial charge in [-0.2, -0.15) is 0 Å². The molecule has 0 amide bonds. The van der Waals surface area contributed by atoms with Crippen molar-refractivity contribution in [3.8, 4) is 0 Å². The van der Waals surface area contributed by atoms with Crippen molar-refractivity contribution in [3.63, 3.8) is 0 Å². The highest BCUT2D eigenvalue weighted by Gasteiger charge is 2.18. The number of benzene rings is 2. The van der Waals surface area contributed by atoms with Crippen LogP contribution in [0, 0.1) is 4.78 Å². The SMILES string of the molecule is N=S(=O)(c1cccc(C(F)F)c1)c1cccc(C(F)F)c1. The second-order valence-electron chi connectivity index (χ2n) is 4.30. The van der Waals surface area contributed by atoms with Crippen molar-refractivity contribution in [1.82, 2.24) is 0 Å². The summed E-state index contributed by atoms with van der Waals surface area (Å²) >= 11 is 0. The molecular formula is C14H11F4NOS. The van der Waals surface area contributed by atoms with Gasteiger partial charge in [0.1, 0.15) is 9.73 Å². The van der Waals surface area contributed by atoms with Crippen molar-refractivity contribution >= 4 is 9.73 Å². The van der Waals surface area contributed by atoms with E-state index in [1.807, 2.05) is 0 Å². The van der Waals surface area contributed by atoms with Crippen LogP contribution in [0.4, 0.5) is 17.6 Å². The maximum atomic E-state index is 12.7. The molecule has 1 N–H and O–H groups in total. The van der Waals surface area contributed by atoms with E-state index >= 15 is 0 Å². The first-order chi connectivity index (χ1) is 9.82. The number of halogens is 4. The van der Waals surface area contributed by atoms with Gasteiger partial charge in [-0.1, -0.05) is 24.3 Å². The van der Waals surface area contributed by atoms with Crippen molar-refractivity contribution in [2.24, 2.45) is 0 Å². The Kier molecular flexibility index (Phi) is 4.32. The molecule has 0 aliphatic heterocycles. The van der Waals surface area contributed by atoms with E-state index in [9.17, 15) is 21.8 Å². The van der Waals surface area contributed by atoms with Crippen LogP contribution in [0.3, 0.4) is 0 Å². The lowest BCUT2D eigenvalue weighted by molar-refractivity contribution is 0.150. The lowest BCUT2D eigenvalue weighted by Crippen LogP contribution is -2.02. The third-order valence-corrected chi connectivity index (χ3v) is 4.72. The molecule has 0 aliphatic rings. The topological polar surface area (TPSA) is 40.9 Å². The summed E-state index contributed by atoms with van der Waals surface area (Å²) in [6, 6.07) is 9.32. The zero-order chi connectivity index (χ0) is 15.6. The largest absolute Gasteiger partial charge is 0.263 e. The van der Waals surface area contributed by atoms with Gasteiger partial charge >= 0.3 is 0 Å². The lowest BCUT2D eigenvalue weighted by Gasteiger charge is -2.11. The Hall–Kier alpha value is -1.89. The molecule has 0 spiro atoms.